The Balaban J connectivity index is 2.57. The summed E-state index contributed by atoms with van der Waals surface area (Å²) in [6.07, 6.45) is -2.75. The maximum Gasteiger partial charge on any atom is 0.335 e. The number of aliphatic carboxylic acids is 1. The van der Waals surface area contributed by atoms with Gasteiger partial charge >= 0.3 is 5.97 Å². The molecular weight excluding hydrogens is 284 g/mol. The van der Waals surface area contributed by atoms with Crippen molar-refractivity contribution in [1.29, 1.82) is 0 Å². The molecule has 2 unspecified atom stereocenters. The van der Waals surface area contributed by atoms with Crippen LogP contribution in [0.5, 0.6) is 0 Å². The summed E-state index contributed by atoms with van der Waals surface area (Å²) in [5.74, 6) is -1.37. The number of hydrogen-bond acceptors (Lipinski definition) is 4. The number of aryl methyl sites for hydroxylation is 1. The number of aliphatic hydroxyl groups is 2. The molecule has 6 nitrogen and oxygen atoms in total. The van der Waals surface area contributed by atoms with Gasteiger partial charge in [0.25, 0.3) is 0 Å². The minimum Gasteiger partial charge on any atom is -0.479 e. The van der Waals surface area contributed by atoms with Crippen LogP contribution < -0.4 is 0 Å². The van der Waals surface area contributed by atoms with Crippen molar-refractivity contribution in [3.8, 4) is 0 Å². The fraction of sp³-hybridized carbons (Fsp3) is 0.385. The molecule has 20 heavy (non-hydrogen) atoms. The first kappa shape index (κ1) is 14.8. The number of rotatable bonds is 5. The van der Waals surface area contributed by atoms with Crippen LogP contribution >= 0.6 is 11.6 Å². The van der Waals surface area contributed by atoms with E-state index < -0.39 is 18.2 Å². The van der Waals surface area contributed by atoms with Crippen LogP contribution in [0.4, 0.5) is 0 Å². The van der Waals surface area contributed by atoms with Gasteiger partial charge in [-0.15, -0.1) is 0 Å². The molecule has 0 radical (unpaired) electrons. The van der Waals surface area contributed by atoms with Gasteiger partial charge in [-0.1, -0.05) is 18.5 Å². The second kappa shape index (κ2) is 5.78. The number of aromatic nitrogens is 2. The molecule has 2 rings (SSSR count). The Bertz CT molecular complexity index is 641. The lowest BCUT2D eigenvalue weighted by Gasteiger charge is -2.15. The number of carboxylic acid groups (broad SMARTS) is 1. The van der Waals surface area contributed by atoms with Crippen LogP contribution in [-0.4, -0.2) is 36.9 Å². The molecule has 1 aromatic heterocycles. The largest absolute Gasteiger partial charge is 0.479 e. The topological polar surface area (TPSA) is 95.6 Å². The van der Waals surface area contributed by atoms with Crippen LogP contribution in [0.25, 0.3) is 11.0 Å². The third-order valence-electron chi connectivity index (χ3n) is 3.00. The van der Waals surface area contributed by atoms with E-state index in [1.54, 1.807) is 22.8 Å². The Morgan fingerprint density at radius 1 is 1.45 bits per heavy atom. The second-order valence-electron chi connectivity index (χ2n) is 4.48. The third-order valence-corrected chi connectivity index (χ3v) is 3.24. The van der Waals surface area contributed by atoms with Crippen molar-refractivity contribution in [2.45, 2.75) is 32.1 Å². The van der Waals surface area contributed by atoms with Gasteiger partial charge in [-0.25, -0.2) is 9.78 Å². The SMILES string of the molecule is CCCn1c(C(O)C(O)C(=O)O)nc2ccc(Cl)cc21. The predicted molar refractivity (Wildman–Crippen MR) is 73.6 cm³/mol. The van der Waals surface area contributed by atoms with E-state index in [1.807, 2.05) is 6.92 Å². The first-order valence-corrected chi connectivity index (χ1v) is 6.58. The Morgan fingerprint density at radius 2 is 2.15 bits per heavy atom. The van der Waals surface area contributed by atoms with Crippen molar-refractivity contribution < 1.29 is 20.1 Å². The monoisotopic (exact) mass is 298 g/mol. The number of benzene rings is 1. The highest BCUT2D eigenvalue weighted by atomic mass is 35.5. The number of carboxylic acids is 1. The number of carbonyl (C=O) groups is 1. The lowest BCUT2D eigenvalue weighted by Crippen LogP contribution is -2.29. The number of nitrogens with zero attached hydrogens (tertiary/aromatic N) is 2. The highest BCUT2D eigenvalue weighted by Gasteiger charge is 2.29. The molecule has 7 heteroatoms. The van der Waals surface area contributed by atoms with Crippen LogP contribution in [0.1, 0.15) is 25.3 Å². The molecule has 0 amide bonds. The van der Waals surface area contributed by atoms with Crippen LogP contribution in [0, 0.1) is 0 Å². The zero-order valence-corrected chi connectivity index (χ0v) is 11.6. The molecule has 0 saturated heterocycles. The summed E-state index contributed by atoms with van der Waals surface area (Å²) in [7, 11) is 0. The zero-order chi connectivity index (χ0) is 14.9. The van der Waals surface area contributed by atoms with Crippen LogP contribution in [-0.2, 0) is 11.3 Å². The highest BCUT2D eigenvalue weighted by molar-refractivity contribution is 6.31. The van der Waals surface area contributed by atoms with Crippen LogP contribution in [0.3, 0.4) is 0 Å². The molecule has 108 valence electrons. The Morgan fingerprint density at radius 3 is 2.75 bits per heavy atom. The number of imidazole rings is 1. The Kier molecular flexibility index (Phi) is 4.27. The van der Waals surface area contributed by atoms with E-state index in [0.717, 1.165) is 6.42 Å². The normalized spacial score (nSPS) is 14.4. The summed E-state index contributed by atoms with van der Waals surface area (Å²) in [4.78, 5) is 15.0. The number of aliphatic hydroxyl groups excluding tert-OH is 2. The van der Waals surface area contributed by atoms with Gasteiger partial charge in [0.15, 0.2) is 6.10 Å². The minimum atomic E-state index is -1.92. The molecule has 1 heterocycles. The van der Waals surface area contributed by atoms with Crippen molar-refractivity contribution in [1.82, 2.24) is 9.55 Å². The molecular formula is C13H15ClN2O4. The molecule has 1 aromatic carbocycles. The van der Waals surface area contributed by atoms with E-state index >= 15 is 0 Å². The van der Waals surface area contributed by atoms with Crippen molar-refractivity contribution >= 4 is 28.6 Å². The van der Waals surface area contributed by atoms with E-state index in [2.05, 4.69) is 4.98 Å². The van der Waals surface area contributed by atoms with Gasteiger partial charge in [-0.05, 0) is 24.6 Å². The molecule has 0 fully saturated rings. The van der Waals surface area contributed by atoms with Gasteiger partial charge in [-0.2, -0.15) is 0 Å². The van der Waals surface area contributed by atoms with Gasteiger partial charge in [-0.3, -0.25) is 0 Å². The summed E-state index contributed by atoms with van der Waals surface area (Å²) in [6, 6.07) is 5.05. The summed E-state index contributed by atoms with van der Waals surface area (Å²) in [5.41, 5.74) is 1.29. The van der Waals surface area contributed by atoms with E-state index in [-0.39, 0.29) is 5.82 Å². The minimum absolute atomic E-state index is 0.124. The predicted octanol–water partition coefficient (Wildman–Crippen LogP) is 1.58. The summed E-state index contributed by atoms with van der Waals surface area (Å²) >= 11 is 5.95. The van der Waals surface area contributed by atoms with Gasteiger partial charge < -0.3 is 19.9 Å². The smallest absolute Gasteiger partial charge is 0.335 e. The molecule has 2 atom stereocenters. The maximum absolute atomic E-state index is 10.8. The number of fused-ring (bicyclic) bond motifs is 1. The zero-order valence-electron chi connectivity index (χ0n) is 10.8. The van der Waals surface area contributed by atoms with Crippen LogP contribution in [0.15, 0.2) is 18.2 Å². The number of halogens is 1. The molecule has 2 aromatic rings. The van der Waals surface area contributed by atoms with E-state index in [9.17, 15) is 15.0 Å². The lowest BCUT2D eigenvalue weighted by atomic mass is 10.2. The maximum atomic E-state index is 10.8. The molecule has 0 aliphatic carbocycles. The van der Waals surface area contributed by atoms with Crippen molar-refractivity contribution in [2.75, 3.05) is 0 Å². The highest BCUT2D eigenvalue weighted by Crippen LogP contribution is 2.25. The Hall–Kier alpha value is -1.63. The summed E-state index contributed by atoms with van der Waals surface area (Å²) < 4.78 is 1.68. The van der Waals surface area contributed by atoms with Crippen LogP contribution in [0.2, 0.25) is 5.02 Å². The van der Waals surface area contributed by atoms with Crippen molar-refractivity contribution in [3.63, 3.8) is 0 Å². The molecule has 3 N–H and O–H groups in total. The molecule has 0 bridgehead atoms. The summed E-state index contributed by atoms with van der Waals surface area (Å²) in [6.45, 7) is 2.48. The fourth-order valence-corrected chi connectivity index (χ4v) is 2.24. The van der Waals surface area contributed by atoms with E-state index in [1.165, 1.54) is 0 Å². The van der Waals surface area contributed by atoms with E-state index in [4.69, 9.17) is 16.7 Å². The second-order valence-corrected chi connectivity index (χ2v) is 4.92. The Labute approximate surface area is 120 Å². The number of hydrogen-bond donors (Lipinski definition) is 3. The molecule has 0 aliphatic heterocycles. The lowest BCUT2D eigenvalue weighted by molar-refractivity contribution is -0.153. The average Bonchev–Trinajstić information content (AvgIpc) is 2.76. The quantitative estimate of drug-likeness (QED) is 0.779. The third kappa shape index (κ3) is 2.63. The van der Waals surface area contributed by atoms with Gasteiger partial charge in [0.05, 0.1) is 11.0 Å². The van der Waals surface area contributed by atoms with Crippen molar-refractivity contribution in [3.05, 3.63) is 29.0 Å². The van der Waals surface area contributed by atoms with Gasteiger partial charge in [0.1, 0.15) is 11.9 Å². The molecule has 0 aliphatic rings. The standard InChI is InChI=1S/C13H15ClN2O4/c1-2-5-16-9-6-7(14)3-4-8(9)15-12(16)10(17)11(18)13(19)20/h3-4,6,10-11,17-18H,2,5H2,1H3,(H,19,20). The van der Waals surface area contributed by atoms with E-state index in [0.29, 0.717) is 22.6 Å². The fourth-order valence-electron chi connectivity index (χ4n) is 2.08. The van der Waals surface area contributed by atoms with Gasteiger partial charge in [0.2, 0.25) is 0 Å². The molecule has 0 spiro atoms. The average molecular weight is 299 g/mol. The first-order valence-electron chi connectivity index (χ1n) is 6.20. The molecule has 0 saturated carbocycles. The summed E-state index contributed by atoms with van der Waals surface area (Å²) in [5, 5.41) is 28.8. The van der Waals surface area contributed by atoms with Crippen molar-refractivity contribution in [2.24, 2.45) is 0 Å². The first-order chi connectivity index (χ1) is 9.45. The van der Waals surface area contributed by atoms with Gasteiger partial charge in [0, 0.05) is 11.6 Å².